The average molecular weight is 426 g/mol. The molecule has 0 aromatic heterocycles. The van der Waals surface area contributed by atoms with Crippen LogP contribution in [-0.4, -0.2) is 52.4 Å². The second-order valence-corrected chi connectivity index (χ2v) is 11.5. The summed E-state index contributed by atoms with van der Waals surface area (Å²) < 4.78 is 44.1. The van der Waals surface area contributed by atoms with Crippen LogP contribution >= 0.6 is 0 Å². The number of sulfone groups is 1. The lowest BCUT2D eigenvalue weighted by atomic mass is 9.91. The lowest BCUT2D eigenvalue weighted by Gasteiger charge is -2.43. The number of ether oxygens (including phenoxy) is 1. The molecule has 1 aromatic carbocycles. The maximum Gasteiger partial charge on any atom is 0.230 e. The Kier molecular flexibility index (Phi) is 5.62. The van der Waals surface area contributed by atoms with Crippen LogP contribution in [0.25, 0.3) is 0 Å². The van der Waals surface area contributed by atoms with Gasteiger partial charge in [0.1, 0.15) is 12.0 Å². The summed E-state index contributed by atoms with van der Waals surface area (Å²) in [7, 11) is -5.40. The average Bonchev–Trinajstić information content (AvgIpc) is 2.62. The number of fused-ring (bicyclic) bond motifs is 1. The fourth-order valence-corrected chi connectivity index (χ4v) is 6.15. The molecular weight excluding hydrogens is 402 g/mol. The topological polar surface area (TPSA) is 97.8 Å². The zero-order valence-corrected chi connectivity index (χ0v) is 17.6. The maximum atomic E-state index is 12.9. The molecular formula is C19H23NO6S2. The van der Waals surface area contributed by atoms with Crippen LogP contribution in [0.15, 0.2) is 47.0 Å². The van der Waals surface area contributed by atoms with E-state index < -0.39 is 36.9 Å². The van der Waals surface area contributed by atoms with Crippen molar-refractivity contribution in [3.05, 3.63) is 42.1 Å². The first-order valence-corrected chi connectivity index (χ1v) is 11.8. The van der Waals surface area contributed by atoms with Crippen molar-refractivity contribution < 1.29 is 27.0 Å². The SMILES string of the molecule is CC(C)(C)C(=O)COC1C(CS(=O)c2ccccc2)=CN2C(=O)C[C@H]2S1(=O)=O. The van der Waals surface area contributed by atoms with Gasteiger partial charge in [0, 0.05) is 22.1 Å². The van der Waals surface area contributed by atoms with E-state index >= 15 is 0 Å². The van der Waals surface area contributed by atoms with Gasteiger partial charge in [0.05, 0.1) is 23.0 Å². The van der Waals surface area contributed by atoms with Crippen molar-refractivity contribution in [1.82, 2.24) is 4.90 Å². The molecule has 0 radical (unpaired) electrons. The van der Waals surface area contributed by atoms with E-state index in [4.69, 9.17) is 4.74 Å². The van der Waals surface area contributed by atoms with Gasteiger partial charge in [0.25, 0.3) is 0 Å². The van der Waals surface area contributed by atoms with E-state index in [-0.39, 0.29) is 36.0 Å². The summed E-state index contributed by atoms with van der Waals surface area (Å²) >= 11 is 0. The fraction of sp³-hybridized carbons (Fsp3) is 0.474. The monoisotopic (exact) mass is 425 g/mol. The zero-order chi connectivity index (χ0) is 20.7. The number of carbonyl (C=O) groups is 2. The van der Waals surface area contributed by atoms with Gasteiger partial charge in [-0.3, -0.25) is 13.8 Å². The highest BCUT2D eigenvalue weighted by molar-refractivity contribution is 7.93. The van der Waals surface area contributed by atoms with Crippen LogP contribution < -0.4 is 0 Å². The quantitative estimate of drug-likeness (QED) is 0.643. The van der Waals surface area contributed by atoms with Crippen molar-refractivity contribution in [3.63, 3.8) is 0 Å². The Morgan fingerprint density at radius 1 is 1.25 bits per heavy atom. The van der Waals surface area contributed by atoms with Gasteiger partial charge in [-0.2, -0.15) is 0 Å². The molecule has 3 atom stereocenters. The molecule has 28 heavy (non-hydrogen) atoms. The molecule has 9 heteroatoms. The minimum atomic E-state index is -3.89. The minimum Gasteiger partial charge on any atom is -0.350 e. The molecule has 152 valence electrons. The van der Waals surface area contributed by atoms with Crippen molar-refractivity contribution in [3.8, 4) is 0 Å². The summed E-state index contributed by atoms with van der Waals surface area (Å²) in [6, 6.07) is 8.64. The van der Waals surface area contributed by atoms with Crippen molar-refractivity contribution >= 4 is 32.3 Å². The van der Waals surface area contributed by atoms with Crippen LogP contribution in [0.2, 0.25) is 0 Å². The summed E-state index contributed by atoms with van der Waals surface area (Å²) in [6.45, 7) is 4.80. The van der Waals surface area contributed by atoms with Gasteiger partial charge in [-0.25, -0.2) is 8.42 Å². The Hall–Kier alpha value is -1.84. The summed E-state index contributed by atoms with van der Waals surface area (Å²) in [6.07, 6.45) is 1.31. The number of Topliss-reactive ketones (excluding diaryl/α,β-unsaturated/α-hetero) is 1. The third-order valence-corrected chi connectivity index (χ3v) is 8.32. The van der Waals surface area contributed by atoms with Gasteiger partial charge >= 0.3 is 0 Å². The number of hydrogen-bond donors (Lipinski definition) is 0. The van der Waals surface area contributed by atoms with Crippen molar-refractivity contribution in [2.24, 2.45) is 5.41 Å². The van der Waals surface area contributed by atoms with Gasteiger partial charge in [-0.05, 0) is 12.1 Å². The number of nitrogens with zero attached hydrogens (tertiary/aromatic N) is 1. The Labute approximate surface area is 167 Å². The van der Waals surface area contributed by atoms with E-state index in [1.54, 1.807) is 51.1 Å². The van der Waals surface area contributed by atoms with Gasteiger partial charge in [0.2, 0.25) is 15.7 Å². The molecule has 0 bridgehead atoms. The summed E-state index contributed by atoms with van der Waals surface area (Å²) in [5.41, 5.74) is -1.85. The molecule has 7 nitrogen and oxygen atoms in total. The van der Waals surface area contributed by atoms with E-state index in [1.165, 1.54) is 6.20 Å². The third-order valence-electron chi connectivity index (χ3n) is 4.74. The maximum absolute atomic E-state index is 12.9. The van der Waals surface area contributed by atoms with Crippen molar-refractivity contribution in [2.45, 2.75) is 42.9 Å². The van der Waals surface area contributed by atoms with E-state index in [0.717, 1.165) is 4.90 Å². The van der Waals surface area contributed by atoms with Gasteiger partial charge in [0.15, 0.2) is 11.2 Å². The summed E-state index contributed by atoms with van der Waals surface area (Å²) in [4.78, 5) is 25.7. The molecule has 1 aromatic rings. The molecule has 1 fully saturated rings. The van der Waals surface area contributed by atoms with Crippen LogP contribution in [0.4, 0.5) is 0 Å². The number of ketones is 1. The second kappa shape index (κ2) is 7.53. The van der Waals surface area contributed by atoms with Crippen LogP contribution in [0.5, 0.6) is 0 Å². The predicted molar refractivity (Wildman–Crippen MR) is 104 cm³/mol. The summed E-state index contributed by atoms with van der Waals surface area (Å²) in [5.74, 6) is -0.646. The lowest BCUT2D eigenvalue weighted by Crippen LogP contribution is -2.60. The zero-order valence-electron chi connectivity index (χ0n) is 16.0. The standard InChI is InChI=1S/C19H23NO6S2/c1-19(2,3)15(21)11-26-18-13(12-27(23)14-7-5-4-6-8-14)10-20-16(22)9-17(20)28(18,24)25/h4-8,10,17-18H,9,11-12H2,1-3H3/t17-,18?,27?/m1/s1. The Morgan fingerprint density at radius 2 is 1.89 bits per heavy atom. The van der Waals surface area contributed by atoms with E-state index in [0.29, 0.717) is 4.90 Å². The van der Waals surface area contributed by atoms with Gasteiger partial charge in [-0.15, -0.1) is 0 Å². The highest BCUT2D eigenvalue weighted by Crippen LogP contribution is 2.36. The molecule has 0 aliphatic carbocycles. The lowest BCUT2D eigenvalue weighted by molar-refractivity contribution is -0.138. The second-order valence-electron chi connectivity index (χ2n) is 7.87. The first-order chi connectivity index (χ1) is 13.0. The van der Waals surface area contributed by atoms with Gasteiger partial charge in [-0.1, -0.05) is 39.0 Å². The first-order valence-electron chi connectivity index (χ1n) is 8.84. The molecule has 0 saturated carbocycles. The van der Waals surface area contributed by atoms with Crippen molar-refractivity contribution in [2.75, 3.05) is 12.4 Å². The molecule has 1 saturated heterocycles. The number of amides is 1. The van der Waals surface area contributed by atoms with E-state index in [9.17, 15) is 22.2 Å². The summed E-state index contributed by atoms with van der Waals surface area (Å²) in [5, 5.41) is -0.983. The number of β-lactam (4-membered cyclic amide) rings is 1. The Morgan fingerprint density at radius 3 is 2.46 bits per heavy atom. The van der Waals surface area contributed by atoms with Crippen LogP contribution in [0.3, 0.4) is 0 Å². The highest BCUT2D eigenvalue weighted by Gasteiger charge is 2.53. The number of carbonyl (C=O) groups excluding carboxylic acids is 2. The van der Waals surface area contributed by atoms with Crippen LogP contribution in [-0.2, 0) is 35.0 Å². The first kappa shape index (κ1) is 20.9. The Balaban J connectivity index is 1.88. The molecule has 2 aliphatic heterocycles. The van der Waals surface area contributed by atoms with E-state index in [2.05, 4.69) is 0 Å². The van der Waals surface area contributed by atoms with Crippen molar-refractivity contribution in [1.29, 1.82) is 0 Å². The normalized spacial score (nSPS) is 24.8. The van der Waals surface area contributed by atoms with Crippen LogP contribution in [0, 0.1) is 5.41 Å². The number of rotatable bonds is 6. The van der Waals surface area contributed by atoms with E-state index in [1.807, 2.05) is 0 Å². The molecule has 0 N–H and O–H groups in total. The van der Waals surface area contributed by atoms with Crippen LogP contribution in [0.1, 0.15) is 27.2 Å². The number of hydrogen-bond acceptors (Lipinski definition) is 6. The third kappa shape index (κ3) is 3.97. The predicted octanol–water partition coefficient (Wildman–Crippen LogP) is 1.62. The molecule has 3 rings (SSSR count). The molecule has 2 aliphatic rings. The highest BCUT2D eigenvalue weighted by atomic mass is 32.2. The smallest absolute Gasteiger partial charge is 0.230 e. The molecule has 1 amide bonds. The largest absolute Gasteiger partial charge is 0.350 e. The molecule has 2 unspecified atom stereocenters. The fourth-order valence-electron chi connectivity index (χ4n) is 2.91. The number of benzene rings is 1. The van der Waals surface area contributed by atoms with Gasteiger partial charge < -0.3 is 9.64 Å². The minimum absolute atomic E-state index is 0.103. The molecule has 2 heterocycles. The Bertz CT molecular complexity index is 946. The molecule has 0 spiro atoms.